The third kappa shape index (κ3) is 4.84. The number of aliphatic hydroxyl groups is 1. The molecule has 1 fully saturated rings. The van der Waals surface area contributed by atoms with E-state index in [1.54, 1.807) is 35.3 Å². The molecular weight excluding hydrogens is 449 g/mol. The third-order valence-corrected chi connectivity index (χ3v) is 5.96. The van der Waals surface area contributed by atoms with Gasteiger partial charge in [-0.1, -0.05) is 12.1 Å². The smallest absolute Gasteiger partial charge is 0.166 e. The molecule has 1 aromatic carbocycles. The highest BCUT2D eigenvalue weighted by atomic mass is 19.1. The molecule has 2 N–H and O–H groups in total. The first-order valence-corrected chi connectivity index (χ1v) is 11.4. The van der Waals surface area contributed by atoms with E-state index >= 15 is 0 Å². The van der Waals surface area contributed by atoms with Gasteiger partial charge in [-0.25, -0.2) is 24.0 Å². The van der Waals surface area contributed by atoms with Crippen molar-refractivity contribution in [3.05, 3.63) is 66.9 Å². The van der Waals surface area contributed by atoms with Gasteiger partial charge in [-0.3, -0.25) is 0 Å². The fourth-order valence-electron chi connectivity index (χ4n) is 4.23. The summed E-state index contributed by atoms with van der Waals surface area (Å²) >= 11 is 0. The Morgan fingerprint density at radius 2 is 2.00 bits per heavy atom. The average Bonchev–Trinajstić information content (AvgIpc) is 3.58. The zero-order valence-corrected chi connectivity index (χ0v) is 19.3. The first-order chi connectivity index (χ1) is 17.2. The number of hydrogen-bond donors (Lipinski definition) is 2. The molecule has 0 spiro atoms. The summed E-state index contributed by atoms with van der Waals surface area (Å²) in [5.74, 6) is 1.72. The number of rotatable bonds is 8. The Labute approximate surface area is 202 Å². The van der Waals surface area contributed by atoms with Crippen molar-refractivity contribution in [2.45, 2.75) is 12.5 Å². The van der Waals surface area contributed by atoms with Crippen molar-refractivity contribution in [2.75, 3.05) is 38.3 Å². The molecule has 4 heterocycles. The lowest BCUT2D eigenvalue weighted by Gasteiger charge is -2.18. The van der Waals surface area contributed by atoms with Crippen molar-refractivity contribution in [2.24, 2.45) is 0 Å². The van der Waals surface area contributed by atoms with E-state index in [1.807, 2.05) is 24.4 Å². The second-order valence-electron chi connectivity index (χ2n) is 8.22. The lowest BCUT2D eigenvalue weighted by Crippen LogP contribution is -2.34. The van der Waals surface area contributed by atoms with Crippen LogP contribution in [0.2, 0.25) is 0 Å². The summed E-state index contributed by atoms with van der Waals surface area (Å²) in [7, 11) is 1.49. The molecule has 180 valence electrons. The summed E-state index contributed by atoms with van der Waals surface area (Å²) < 4.78 is 21.5. The number of aromatic nitrogens is 5. The number of ether oxygens (including phenoxy) is 1. The highest BCUT2D eigenvalue weighted by Gasteiger charge is 2.23. The van der Waals surface area contributed by atoms with Crippen LogP contribution in [0.1, 0.15) is 6.42 Å². The van der Waals surface area contributed by atoms with Crippen molar-refractivity contribution >= 4 is 5.82 Å². The Morgan fingerprint density at radius 3 is 2.86 bits per heavy atom. The van der Waals surface area contributed by atoms with Crippen molar-refractivity contribution in [3.63, 3.8) is 0 Å². The molecule has 0 amide bonds. The zero-order chi connectivity index (χ0) is 24.2. The molecule has 1 saturated heterocycles. The van der Waals surface area contributed by atoms with Crippen molar-refractivity contribution in [1.29, 1.82) is 0 Å². The number of nitrogens with zero attached hydrogens (tertiary/aromatic N) is 6. The number of pyridine rings is 1. The van der Waals surface area contributed by atoms with Crippen molar-refractivity contribution < 1.29 is 14.2 Å². The molecule has 10 heteroatoms. The molecular formula is C25H26FN7O2. The number of anilines is 1. The molecule has 1 unspecified atom stereocenters. The molecule has 0 radical (unpaired) electrons. The van der Waals surface area contributed by atoms with Gasteiger partial charge in [0.25, 0.3) is 0 Å². The minimum Gasteiger partial charge on any atom is -0.496 e. The number of benzene rings is 1. The normalized spacial score (nSPS) is 15.5. The maximum atomic E-state index is 14.5. The number of aliphatic hydroxyl groups excluding tert-OH is 1. The average molecular weight is 476 g/mol. The van der Waals surface area contributed by atoms with Gasteiger partial charge in [0.15, 0.2) is 11.6 Å². The molecule has 0 bridgehead atoms. The quantitative estimate of drug-likeness (QED) is 0.401. The van der Waals surface area contributed by atoms with E-state index in [-0.39, 0.29) is 18.0 Å². The summed E-state index contributed by atoms with van der Waals surface area (Å²) in [6.45, 7) is 2.46. The SMILES string of the molecule is COc1cccc(F)c1-c1nccc(-c2cnn(-c3cccc(N4CCC(NCCO)C4)n3)c2)n1. The van der Waals surface area contributed by atoms with Crippen LogP contribution in [-0.4, -0.2) is 69.2 Å². The predicted molar refractivity (Wildman–Crippen MR) is 130 cm³/mol. The number of halogens is 1. The van der Waals surface area contributed by atoms with Crippen molar-refractivity contribution in [1.82, 2.24) is 30.0 Å². The van der Waals surface area contributed by atoms with Crippen LogP contribution in [0.5, 0.6) is 5.75 Å². The molecule has 1 atom stereocenters. The lowest BCUT2D eigenvalue weighted by molar-refractivity contribution is 0.286. The molecule has 0 aliphatic carbocycles. The zero-order valence-electron chi connectivity index (χ0n) is 19.3. The van der Waals surface area contributed by atoms with Crippen LogP contribution >= 0.6 is 0 Å². The Hall–Kier alpha value is -3.89. The summed E-state index contributed by atoms with van der Waals surface area (Å²) in [5.41, 5.74) is 1.58. The van der Waals surface area contributed by atoms with Crippen molar-refractivity contribution in [3.8, 4) is 34.2 Å². The van der Waals surface area contributed by atoms with Gasteiger partial charge >= 0.3 is 0 Å². The van der Waals surface area contributed by atoms with Crippen LogP contribution in [0.25, 0.3) is 28.5 Å². The maximum absolute atomic E-state index is 14.5. The van der Waals surface area contributed by atoms with Gasteiger partial charge in [0.05, 0.1) is 31.2 Å². The molecule has 35 heavy (non-hydrogen) atoms. The standard InChI is InChI=1S/C25H26FN7O2/c1-35-21-5-2-4-19(26)24(21)25-28-10-8-20(30-25)17-14-29-33(15-17)23-7-3-6-22(31-23)32-12-9-18(16-32)27-11-13-34/h2-8,10,14-15,18,27,34H,9,11-13,16H2,1H3. The van der Waals surface area contributed by atoms with Gasteiger partial charge in [-0.15, -0.1) is 0 Å². The summed E-state index contributed by atoms with van der Waals surface area (Å²) in [6.07, 6.45) is 6.13. The largest absolute Gasteiger partial charge is 0.496 e. The Bertz CT molecular complexity index is 1310. The molecule has 5 rings (SSSR count). The topological polar surface area (TPSA) is 101 Å². The molecule has 0 saturated carbocycles. The fourth-order valence-corrected chi connectivity index (χ4v) is 4.23. The Balaban J connectivity index is 1.38. The van der Waals surface area contributed by atoms with Gasteiger partial charge in [0, 0.05) is 43.6 Å². The third-order valence-electron chi connectivity index (χ3n) is 5.96. The van der Waals surface area contributed by atoms with Gasteiger partial charge < -0.3 is 20.1 Å². The second kappa shape index (κ2) is 10.2. The Morgan fingerprint density at radius 1 is 1.14 bits per heavy atom. The molecule has 3 aromatic heterocycles. The number of nitrogens with one attached hydrogen (secondary N) is 1. The predicted octanol–water partition coefficient (Wildman–Crippen LogP) is 2.70. The first-order valence-electron chi connectivity index (χ1n) is 11.4. The lowest BCUT2D eigenvalue weighted by atomic mass is 10.1. The van der Waals surface area contributed by atoms with E-state index in [0.29, 0.717) is 29.8 Å². The van der Waals surface area contributed by atoms with E-state index in [0.717, 1.165) is 30.9 Å². The van der Waals surface area contributed by atoms with Gasteiger partial charge in [0.2, 0.25) is 0 Å². The monoisotopic (exact) mass is 475 g/mol. The number of hydrogen-bond acceptors (Lipinski definition) is 8. The molecule has 9 nitrogen and oxygen atoms in total. The maximum Gasteiger partial charge on any atom is 0.166 e. The van der Waals surface area contributed by atoms with Crippen LogP contribution in [-0.2, 0) is 0 Å². The highest BCUT2D eigenvalue weighted by Crippen LogP contribution is 2.31. The van der Waals surface area contributed by atoms with Crippen LogP contribution in [0.3, 0.4) is 0 Å². The van der Waals surface area contributed by atoms with Gasteiger partial charge in [-0.2, -0.15) is 5.10 Å². The van der Waals surface area contributed by atoms with Gasteiger partial charge in [-0.05, 0) is 36.8 Å². The minimum atomic E-state index is -0.450. The van der Waals surface area contributed by atoms with Crippen LogP contribution in [0.15, 0.2) is 61.1 Å². The molecule has 1 aliphatic heterocycles. The Kier molecular flexibility index (Phi) is 6.64. The van der Waals surface area contributed by atoms with E-state index in [9.17, 15) is 4.39 Å². The molecule has 1 aliphatic rings. The summed E-state index contributed by atoms with van der Waals surface area (Å²) in [5, 5.41) is 16.9. The van der Waals surface area contributed by atoms with Crippen LogP contribution in [0.4, 0.5) is 10.2 Å². The van der Waals surface area contributed by atoms with E-state index < -0.39 is 5.82 Å². The minimum absolute atomic E-state index is 0.132. The van der Waals surface area contributed by atoms with Crippen LogP contribution in [0, 0.1) is 5.82 Å². The van der Waals surface area contributed by atoms with E-state index in [4.69, 9.17) is 14.8 Å². The van der Waals surface area contributed by atoms with E-state index in [2.05, 4.69) is 25.3 Å². The van der Waals surface area contributed by atoms with Gasteiger partial charge in [0.1, 0.15) is 17.4 Å². The highest BCUT2D eigenvalue weighted by molar-refractivity contribution is 5.68. The van der Waals surface area contributed by atoms with E-state index in [1.165, 1.54) is 13.2 Å². The number of methoxy groups -OCH3 is 1. The molecule has 4 aromatic rings. The first kappa shape index (κ1) is 22.9. The summed E-state index contributed by atoms with van der Waals surface area (Å²) in [4.78, 5) is 15.8. The fraction of sp³-hybridized carbons (Fsp3) is 0.280. The summed E-state index contributed by atoms with van der Waals surface area (Å²) in [6, 6.07) is 12.6. The second-order valence-corrected chi connectivity index (χ2v) is 8.22. The van der Waals surface area contributed by atoms with Crippen LogP contribution < -0.4 is 15.0 Å².